The van der Waals surface area contributed by atoms with Gasteiger partial charge in [0, 0.05) is 17.6 Å². The van der Waals surface area contributed by atoms with Crippen molar-refractivity contribution in [2.75, 3.05) is 0 Å². The first-order chi connectivity index (χ1) is 3.83. The summed E-state index contributed by atoms with van der Waals surface area (Å²) in [5, 5.41) is 1.02. The number of rotatable bonds is 1. The average molecular weight is 127 g/mol. The van der Waals surface area contributed by atoms with E-state index in [9.17, 15) is 0 Å². The lowest BCUT2D eigenvalue weighted by Gasteiger charge is -1.65. The van der Waals surface area contributed by atoms with E-state index >= 15 is 0 Å². The molecule has 1 heterocycles. The normalized spacial score (nSPS) is 9.12. The molecule has 1 rings (SSSR count). The van der Waals surface area contributed by atoms with Crippen LogP contribution in [0.15, 0.2) is 6.07 Å². The Kier molecular flexibility index (Phi) is 1.39. The summed E-state index contributed by atoms with van der Waals surface area (Å²) in [5.74, 6) is 0. The van der Waals surface area contributed by atoms with Crippen molar-refractivity contribution in [3.05, 3.63) is 11.8 Å². The van der Waals surface area contributed by atoms with Crippen molar-refractivity contribution in [2.45, 2.75) is 6.92 Å². The van der Waals surface area contributed by atoms with Crippen LogP contribution in [-0.2, 0) is 0 Å². The Morgan fingerprint density at radius 1 is 1.88 bits per heavy atom. The zero-order valence-electron chi connectivity index (χ0n) is 4.64. The quantitative estimate of drug-likeness (QED) is 0.522. The Hall–Kier alpha value is -0.700. The maximum absolute atomic E-state index is 4.03. The van der Waals surface area contributed by atoms with Gasteiger partial charge in [-0.3, -0.25) is 0 Å². The van der Waals surface area contributed by atoms with Crippen LogP contribution in [0, 0.1) is 6.92 Å². The van der Waals surface area contributed by atoms with Crippen molar-refractivity contribution in [2.24, 2.45) is 0 Å². The Balaban J connectivity index is 3.00. The van der Waals surface area contributed by atoms with Crippen LogP contribution in [0.2, 0.25) is 0 Å². The van der Waals surface area contributed by atoms with Crippen LogP contribution in [0.5, 0.6) is 0 Å². The third-order valence-electron chi connectivity index (χ3n) is 0.802. The van der Waals surface area contributed by atoms with Gasteiger partial charge in [-0.25, -0.2) is 4.99 Å². The van der Waals surface area contributed by atoms with Crippen LogP contribution < -0.4 is 4.99 Å². The third-order valence-corrected chi connectivity index (χ3v) is 1.64. The molecule has 0 saturated carbocycles. The maximum atomic E-state index is 4.03. The van der Waals surface area contributed by atoms with E-state index in [1.165, 1.54) is 11.5 Å². The molecular formula is C5H7N2S+. The topological polar surface area (TPSA) is 26.9 Å². The summed E-state index contributed by atoms with van der Waals surface area (Å²) in [5.41, 5.74) is 1.04. The Bertz CT molecular complexity index is 192. The second-order valence-corrected chi connectivity index (χ2v) is 2.31. The predicted molar refractivity (Wildman–Crippen MR) is 34.6 cm³/mol. The predicted octanol–water partition coefficient (Wildman–Crippen LogP) is -0.136. The second-order valence-electron chi connectivity index (χ2n) is 1.51. The maximum Gasteiger partial charge on any atom is 0.278 e. The van der Waals surface area contributed by atoms with Crippen molar-refractivity contribution in [3.8, 4) is 0 Å². The van der Waals surface area contributed by atoms with Crippen molar-refractivity contribution < 1.29 is 4.99 Å². The molecule has 0 aliphatic rings. The molecule has 0 aliphatic heterocycles. The number of nitrogens with one attached hydrogen (secondary N) is 1. The van der Waals surface area contributed by atoms with Gasteiger partial charge in [-0.1, -0.05) is 0 Å². The van der Waals surface area contributed by atoms with E-state index in [-0.39, 0.29) is 0 Å². The molecule has 2 nitrogen and oxygen atoms in total. The summed E-state index contributed by atoms with van der Waals surface area (Å²) >= 11 is 1.43. The molecule has 0 atom stereocenters. The van der Waals surface area contributed by atoms with Crippen LogP contribution in [0.3, 0.4) is 0 Å². The van der Waals surface area contributed by atoms with E-state index in [0.717, 1.165) is 10.7 Å². The van der Waals surface area contributed by atoms with Gasteiger partial charge in [0.15, 0.2) is 0 Å². The molecule has 0 fully saturated rings. The Morgan fingerprint density at radius 2 is 2.62 bits per heavy atom. The third kappa shape index (κ3) is 0.924. The number of hydrogen-bond acceptors (Lipinski definition) is 2. The number of nitrogens with zero attached hydrogens (tertiary/aromatic N) is 1. The highest BCUT2D eigenvalue weighted by atomic mass is 32.1. The van der Waals surface area contributed by atoms with Gasteiger partial charge >= 0.3 is 0 Å². The second kappa shape index (κ2) is 2.05. The molecule has 0 aromatic carbocycles. The van der Waals surface area contributed by atoms with E-state index < -0.39 is 0 Å². The molecule has 8 heavy (non-hydrogen) atoms. The average Bonchev–Trinajstić information content (AvgIpc) is 2.14. The highest BCUT2D eigenvalue weighted by molar-refractivity contribution is 7.09. The van der Waals surface area contributed by atoms with Crippen molar-refractivity contribution in [3.63, 3.8) is 0 Å². The molecule has 0 bridgehead atoms. The number of aryl methyl sites for hydroxylation is 1. The molecular weight excluding hydrogens is 120 g/mol. The summed E-state index contributed by atoms with van der Waals surface area (Å²) in [4.78, 5) is 2.75. The van der Waals surface area contributed by atoms with Gasteiger partial charge in [0.2, 0.25) is 0 Å². The molecule has 0 unspecified atom stereocenters. The SMILES string of the molecule is C=[NH+]c1cc(C)ns1. The van der Waals surface area contributed by atoms with E-state index in [1.54, 1.807) is 0 Å². The minimum absolute atomic E-state index is 1.02. The summed E-state index contributed by atoms with van der Waals surface area (Å²) in [6.07, 6.45) is 0. The van der Waals surface area contributed by atoms with Gasteiger partial charge in [-0.2, -0.15) is 4.37 Å². The van der Waals surface area contributed by atoms with Crippen LogP contribution >= 0.6 is 11.5 Å². The highest BCUT2D eigenvalue weighted by Gasteiger charge is 1.96. The Labute approximate surface area is 52.1 Å². The first-order valence-corrected chi connectivity index (χ1v) is 3.06. The van der Waals surface area contributed by atoms with Crippen LogP contribution in [0.4, 0.5) is 5.00 Å². The fourth-order valence-electron chi connectivity index (χ4n) is 0.447. The monoisotopic (exact) mass is 127 g/mol. The molecule has 1 N–H and O–H groups in total. The van der Waals surface area contributed by atoms with E-state index in [2.05, 4.69) is 16.1 Å². The van der Waals surface area contributed by atoms with Gasteiger partial charge in [-0.05, 0) is 6.92 Å². The highest BCUT2D eigenvalue weighted by Crippen LogP contribution is 2.07. The molecule has 0 radical (unpaired) electrons. The zero-order chi connectivity index (χ0) is 5.98. The first-order valence-electron chi connectivity index (χ1n) is 2.29. The minimum atomic E-state index is 1.02. The van der Waals surface area contributed by atoms with E-state index in [1.807, 2.05) is 13.0 Å². The molecule has 0 aliphatic carbocycles. The van der Waals surface area contributed by atoms with Gasteiger partial charge in [0.25, 0.3) is 5.00 Å². The lowest BCUT2D eigenvalue weighted by atomic mass is 10.5. The van der Waals surface area contributed by atoms with Crippen molar-refractivity contribution >= 4 is 23.3 Å². The molecule has 1 aromatic rings. The zero-order valence-corrected chi connectivity index (χ0v) is 5.46. The summed E-state index contributed by atoms with van der Waals surface area (Å²) in [6.45, 7) is 5.45. The number of hydrogen-bond donors (Lipinski definition) is 1. The van der Waals surface area contributed by atoms with Crippen LogP contribution in [-0.4, -0.2) is 11.1 Å². The van der Waals surface area contributed by atoms with Crippen LogP contribution in [0.25, 0.3) is 0 Å². The van der Waals surface area contributed by atoms with E-state index in [0.29, 0.717) is 0 Å². The van der Waals surface area contributed by atoms with E-state index in [4.69, 9.17) is 0 Å². The molecule has 3 heteroatoms. The minimum Gasteiger partial charge on any atom is -0.208 e. The first kappa shape index (κ1) is 5.44. The summed E-state index contributed by atoms with van der Waals surface area (Å²) in [6, 6.07) is 1.96. The fraction of sp³-hybridized carbons (Fsp3) is 0.200. The largest absolute Gasteiger partial charge is 0.278 e. The standard InChI is InChI=1S/C5H6N2S/c1-4-3-5(6-2)8-7-4/h3H,2H2,1H3/p+1. The lowest BCUT2D eigenvalue weighted by Crippen LogP contribution is -2.56. The van der Waals surface area contributed by atoms with Crippen molar-refractivity contribution in [1.82, 2.24) is 4.37 Å². The fourth-order valence-corrected chi connectivity index (χ4v) is 1.03. The Morgan fingerprint density at radius 3 is 2.88 bits per heavy atom. The lowest BCUT2D eigenvalue weighted by molar-refractivity contribution is -0.336. The van der Waals surface area contributed by atoms with Gasteiger partial charge in [0.1, 0.15) is 6.72 Å². The van der Waals surface area contributed by atoms with Gasteiger partial charge in [0.05, 0.1) is 5.69 Å². The van der Waals surface area contributed by atoms with Gasteiger partial charge < -0.3 is 0 Å². The van der Waals surface area contributed by atoms with Crippen molar-refractivity contribution in [1.29, 1.82) is 0 Å². The molecule has 0 amide bonds. The summed E-state index contributed by atoms with van der Waals surface area (Å²) in [7, 11) is 0. The smallest absolute Gasteiger partial charge is 0.208 e. The molecule has 0 saturated heterocycles. The molecule has 1 aromatic heterocycles. The van der Waals surface area contributed by atoms with Crippen LogP contribution in [0.1, 0.15) is 5.69 Å². The molecule has 0 spiro atoms. The summed E-state index contributed by atoms with van der Waals surface area (Å²) < 4.78 is 4.03. The molecule has 42 valence electrons. The van der Waals surface area contributed by atoms with Gasteiger partial charge in [-0.15, -0.1) is 0 Å². The number of aromatic nitrogens is 1.